The number of likely N-dealkylation sites (tertiary alicyclic amines) is 1. The summed E-state index contributed by atoms with van der Waals surface area (Å²) in [4.78, 5) is 1.93. The van der Waals surface area contributed by atoms with Gasteiger partial charge in [0.25, 0.3) is 0 Å². The lowest BCUT2D eigenvalue weighted by molar-refractivity contribution is 0.0572. The van der Waals surface area contributed by atoms with E-state index < -0.39 is 12.2 Å². The molecule has 0 bridgehead atoms. The Morgan fingerprint density at radius 1 is 1.35 bits per heavy atom. The van der Waals surface area contributed by atoms with Gasteiger partial charge in [0.15, 0.2) is 0 Å². The molecule has 0 aliphatic carbocycles. The maximum absolute atomic E-state index is 9.43. The standard InChI is InChI=1S/C12H13ClN2O2/c13-10-3-8(4-14)1-2-9(10)5-15-6-11(16)12(17)7-15/h1-3,11-12,16-17H,5-7H2/t11-,12+. The van der Waals surface area contributed by atoms with Crippen LogP contribution in [-0.2, 0) is 6.54 Å². The topological polar surface area (TPSA) is 67.5 Å². The Morgan fingerprint density at radius 2 is 2.00 bits per heavy atom. The largest absolute Gasteiger partial charge is 0.389 e. The summed E-state index contributed by atoms with van der Waals surface area (Å²) >= 11 is 6.06. The lowest BCUT2D eigenvalue weighted by atomic mass is 10.1. The molecule has 0 radical (unpaired) electrons. The number of rotatable bonds is 2. The smallest absolute Gasteiger partial charge is 0.0992 e. The summed E-state index contributed by atoms with van der Waals surface area (Å²) in [5, 5.41) is 28.1. The first-order chi connectivity index (χ1) is 8.10. The zero-order valence-electron chi connectivity index (χ0n) is 9.17. The first-order valence-electron chi connectivity index (χ1n) is 5.37. The summed E-state index contributed by atoms with van der Waals surface area (Å²) in [6.45, 7) is 1.45. The van der Waals surface area contributed by atoms with Gasteiger partial charge >= 0.3 is 0 Å². The zero-order valence-corrected chi connectivity index (χ0v) is 9.93. The van der Waals surface area contributed by atoms with Crippen LogP contribution in [-0.4, -0.2) is 40.4 Å². The molecule has 1 saturated heterocycles. The lowest BCUT2D eigenvalue weighted by Gasteiger charge is -2.15. The number of nitriles is 1. The number of aliphatic hydroxyl groups is 2. The third-order valence-corrected chi connectivity index (χ3v) is 3.26. The van der Waals surface area contributed by atoms with Gasteiger partial charge in [0.1, 0.15) is 0 Å². The maximum atomic E-state index is 9.43. The lowest BCUT2D eigenvalue weighted by Crippen LogP contribution is -2.22. The van der Waals surface area contributed by atoms with E-state index in [1.165, 1.54) is 0 Å². The van der Waals surface area contributed by atoms with Crippen molar-refractivity contribution in [1.82, 2.24) is 4.90 Å². The Hall–Kier alpha value is -1.12. The van der Waals surface area contributed by atoms with E-state index in [4.69, 9.17) is 16.9 Å². The molecule has 1 aromatic carbocycles. The van der Waals surface area contributed by atoms with Crippen molar-refractivity contribution in [3.05, 3.63) is 34.3 Å². The molecule has 1 aliphatic heterocycles. The monoisotopic (exact) mass is 252 g/mol. The Balaban J connectivity index is 2.07. The fraction of sp³-hybridized carbons (Fsp3) is 0.417. The molecule has 2 N–H and O–H groups in total. The van der Waals surface area contributed by atoms with Crippen molar-refractivity contribution in [3.63, 3.8) is 0 Å². The highest BCUT2D eigenvalue weighted by molar-refractivity contribution is 6.31. The van der Waals surface area contributed by atoms with Crippen LogP contribution in [0.4, 0.5) is 0 Å². The van der Waals surface area contributed by atoms with E-state index in [0.717, 1.165) is 5.56 Å². The fourth-order valence-corrected chi connectivity index (χ4v) is 2.20. The van der Waals surface area contributed by atoms with Gasteiger partial charge in [0, 0.05) is 24.7 Å². The van der Waals surface area contributed by atoms with Gasteiger partial charge < -0.3 is 10.2 Å². The molecule has 2 rings (SSSR count). The molecule has 2 atom stereocenters. The van der Waals surface area contributed by atoms with E-state index in [2.05, 4.69) is 0 Å². The van der Waals surface area contributed by atoms with Crippen molar-refractivity contribution in [2.45, 2.75) is 18.8 Å². The molecule has 5 heteroatoms. The number of hydrogen-bond acceptors (Lipinski definition) is 4. The summed E-state index contributed by atoms with van der Waals surface area (Å²) in [5.74, 6) is 0. The second-order valence-electron chi connectivity index (χ2n) is 4.25. The second-order valence-corrected chi connectivity index (χ2v) is 4.65. The molecule has 4 nitrogen and oxygen atoms in total. The van der Waals surface area contributed by atoms with Crippen LogP contribution in [0.2, 0.25) is 5.02 Å². The third-order valence-electron chi connectivity index (χ3n) is 2.91. The van der Waals surface area contributed by atoms with Crippen LogP contribution in [0.5, 0.6) is 0 Å². The van der Waals surface area contributed by atoms with Crippen LogP contribution in [0.15, 0.2) is 18.2 Å². The van der Waals surface area contributed by atoms with E-state index in [1.807, 2.05) is 11.0 Å². The van der Waals surface area contributed by atoms with E-state index in [1.54, 1.807) is 18.2 Å². The van der Waals surface area contributed by atoms with E-state index in [9.17, 15) is 10.2 Å². The van der Waals surface area contributed by atoms with E-state index in [-0.39, 0.29) is 0 Å². The normalized spacial score (nSPS) is 24.8. The zero-order chi connectivity index (χ0) is 12.4. The highest BCUT2D eigenvalue weighted by Gasteiger charge is 2.29. The third kappa shape index (κ3) is 2.76. The number of nitrogens with zero attached hydrogens (tertiary/aromatic N) is 2. The molecule has 1 aromatic rings. The SMILES string of the molecule is N#Cc1ccc(CN2C[C@@H](O)[C@@H](O)C2)c(Cl)c1. The van der Waals surface area contributed by atoms with Gasteiger partial charge in [-0.05, 0) is 17.7 Å². The van der Waals surface area contributed by atoms with E-state index >= 15 is 0 Å². The Bertz CT molecular complexity index is 448. The summed E-state index contributed by atoms with van der Waals surface area (Å²) in [5.41, 5.74) is 1.42. The molecule has 0 saturated carbocycles. The molecular formula is C12H13ClN2O2. The van der Waals surface area contributed by atoms with Crippen molar-refractivity contribution in [3.8, 4) is 6.07 Å². The van der Waals surface area contributed by atoms with Crippen LogP contribution in [0.25, 0.3) is 0 Å². The number of β-amino-alcohol motifs (C(OH)–C–C–N with tert-alkyl or cyclic N) is 2. The first kappa shape index (κ1) is 12.3. The molecule has 1 heterocycles. The minimum absolute atomic E-state index is 0.442. The maximum Gasteiger partial charge on any atom is 0.0992 e. The molecule has 17 heavy (non-hydrogen) atoms. The summed E-state index contributed by atoms with van der Waals surface area (Å²) < 4.78 is 0. The average molecular weight is 253 g/mol. The van der Waals surface area contributed by atoms with Crippen LogP contribution in [0.3, 0.4) is 0 Å². The summed E-state index contributed by atoms with van der Waals surface area (Å²) in [6.07, 6.45) is -1.38. The Labute approximate surface area is 105 Å². The average Bonchev–Trinajstić information content (AvgIpc) is 2.61. The van der Waals surface area contributed by atoms with Gasteiger partial charge in [-0.1, -0.05) is 17.7 Å². The highest BCUT2D eigenvalue weighted by atomic mass is 35.5. The van der Waals surface area contributed by atoms with Crippen LogP contribution in [0, 0.1) is 11.3 Å². The second kappa shape index (κ2) is 5.03. The predicted octanol–water partition coefficient (Wildman–Crippen LogP) is 0.749. The van der Waals surface area contributed by atoms with Crippen LogP contribution in [0.1, 0.15) is 11.1 Å². The fourth-order valence-electron chi connectivity index (χ4n) is 1.96. The molecule has 90 valence electrons. The summed E-state index contributed by atoms with van der Waals surface area (Å²) in [7, 11) is 0. The minimum Gasteiger partial charge on any atom is -0.389 e. The van der Waals surface area contributed by atoms with Gasteiger partial charge in [-0.2, -0.15) is 5.26 Å². The first-order valence-corrected chi connectivity index (χ1v) is 5.75. The molecule has 0 aromatic heterocycles. The van der Waals surface area contributed by atoms with Crippen molar-refractivity contribution in [1.29, 1.82) is 5.26 Å². The number of aliphatic hydroxyl groups excluding tert-OH is 2. The van der Waals surface area contributed by atoms with Gasteiger partial charge in [0.05, 0.1) is 23.8 Å². The van der Waals surface area contributed by atoms with Gasteiger partial charge in [-0.15, -0.1) is 0 Å². The molecule has 0 amide bonds. The van der Waals surface area contributed by atoms with Crippen molar-refractivity contribution in [2.24, 2.45) is 0 Å². The van der Waals surface area contributed by atoms with Crippen molar-refractivity contribution >= 4 is 11.6 Å². The van der Waals surface area contributed by atoms with Crippen molar-refractivity contribution in [2.75, 3.05) is 13.1 Å². The van der Waals surface area contributed by atoms with Gasteiger partial charge in [-0.3, -0.25) is 4.90 Å². The van der Waals surface area contributed by atoms with Crippen molar-refractivity contribution < 1.29 is 10.2 Å². The molecular weight excluding hydrogens is 240 g/mol. The quantitative estimate of drug-likeness (QED) is 0.815. The van der Waals surface area contributed by atoms with Crippen LogP contribution < -0.4 is 0 Å². The molecule has 0 unspecified atom stereocenters. The van der Waals surface area contributed by atoms with Gasteiger partial charge in [0.2, 0.25) is 0 Å². The molecule has 1 fully saturated rings. The molecule has 0 spiro atoms. The Morgan fingerprint density at radius 3 is 2.53 bits per heavy atom. The minimum atomic E-state index is -0.688. The Kier molecular flexibility index (Phi) is 3.65. The van der Waals surface area contributed by atoms with Gasteiger partial charge in [-0.25, -0.2) is 0 Å². The highest BCUT2D eigenvalue weighted by Crippen LogP contribution is 2.21. The number of halogens is 1. The van der Waals surface area contributed by atoms with E-state index in [0.29, 0.717) is 30.2 Å². The number of benzene rings is 1. The molecule has 1 aliphatic rings. The van der Waals surface area contributed by atoms with Crippen LogP contribution >= 0.6 is 11.6 Å². The predicted molar refractivity (Wildman–Crippen MR) is 63.5 cm³/mol. The summed E-state index contributed by atoms with van der Waals surface area (Å²) in [6, 6.07) is 7.17. The number of hydrogen-bond donors (Lipinski definition) is 2.